The third-order valence-electron chi connectivity index (χ3n) is 3.20. The van der Waals surface area contributed by atoms with Crippen LogP contribution in [-0.4, -0.2) is 35.2 Å². The van der Waals surface area contributed by atoms with E-state index in [1.54, 1.807) is 0 Å². The van der Waals surface area contributed by atoms with Crippen LogP contribution in [0.4, 0.5) is 5.69 Å². The van der Waals surface area contributed by atoms with E-state index in [4.69, 9.17) is 4.74 Å². The first kappa shape index (κ1) is 14.3. The zero-order valence-corrected chi connectivity index (χ0v) is 10.9. The summed E-state index contributed by atoms with van der Waals surface area (Å²) in [6.07, 6.45) is 2.83. The van der Waals surface area contributed by atoms with Crippen LogP contribution < -0.4 is 5.32 Å². The van der Waals surface area contributed by atoms with Gasteiger partial charge in [-0.25, -0.2) is 0 Å². The molecule has 1 saturated heterocycles. The lowest BCUT2D eigenvalue weighted by Gasteiger charge is -2.10. The summed E-state index contributed by atoms with van der Waals surface area (Å²) in [5.41, 5.74) is -0.459. The van der Waals surface area contributed by atoms with E-state index in [2.05, 4.69) is 5.32 Å². The zero-order chi connectivity index (χ0) is 14.5. The molecule has 1 unspecified atom stereocenters. The van der Waals surface area contributed by atoms with Crippen LogP contribution in [-0.2, 0) is 4.74 Å². The van der Waals surface area contributed by atoms with E-state index in [9.17, 15) is 20.0 Å². The van der Waals surface area contributed by atoms with Crippen molar-refractivity contribution < 1.29 is 19.6 Å². The molecule has 2 rings (SSSR count). The minimum absolute atomic E-state index is 0.137. The van der Waals surface area contributed by atoms with Crippen molar-refractivity contribution in [2.45, 2.75) is 25.4 Å². The Morgan fingerprint density at radius 1 is 1.55 bits per heavy atom. The van der Waals surface area contributed by atoms with Crippen LogP contribution in [0.25, 0.3) is 0 Å². The van der Waals surface area contributed by atoms with E-state index in [0.717, 1.165) is 31.6 Å². The first-order valence-electron chi connectivity index (χ1n) is 6.45. The molecule has 7 nitrogen and oxygen atoms in total. The van der Waals surface area contributed by atoms with Gasteiger partial charge in [-0.1, -0.05) is 0 Å². The number of ether oxygens (including phenoxy) is 1. The monoisotopic (exact) mass is 280 g/mol. The standard InChI is InChI=1S/C13H16N2O5/c16-9-3-4-12(15(18)19)11(8-9)13(17)14-6-5-10-2-1-7-20-10/h3-4,8,10,16H,1-2,5-7H2,(H,14,17). The number of carbonyl (C=O) groups excluding carboxylic acids is 1. The minimum atomic E-state index is -0.644. The number of nitro benzene ring substituents is 1. The van der Waals surface area contributed by atoms with Gasteiger partial charge >= 0.3 is 0 Å². The summed E-state index contributed by atoms with van der Waals surface area (Å²) < 4.78 is 5.42. The van der Waals surface area contributed by atoms with Gasteiger partial charge < -0.3 is 15.2 Å². The summed E-state index contributed by atoms with van der Waals surface area (Å²) in [4.78, 5) is 22.1. The molecule has 1 aromatic carbocycles. The molecule has 0 bridgehead atoms. The van der Waals surface area contributed by atoms with Crippen molar-refractivity contribution >= 4 is 11.6 Å². The Morgan fingerprint density at radius 3 is 3.00 bits per heavy atom. The SMILES string of the molecule is O=C(NCCC1CCCO1)c1cc(O)ccc1[N+](=O)[O-]. The topological polar surface area (TPSA) is 102 Å². The van der Waals surface area contributed by atoms with Gasteiger partial charge in [0.15, 0.2) is 0 Å². The molecule has 108 valence electrons. The second kappa shape index (κ2) is 6.33. The van der Waals surface area contributed by atoms with Crippen LogP contribution in [0.15, 0.2) is 18.2 Å². The zero-order valence-electron chi connectivity index (χ0n) is 10.9. The number of rotatable bonds is 5. The van der Waals surface area contributed by atoms with Crippen LogP contribution in [0.5, 0.6) is 5.75 Å². The highest BCUT2D eigenvalue weighted by atomic mass is 16.6. The Morgan fingerprint density at radius 2 is 2.35 bits per heavy atom. The number of aromatic hydroxyl groups is 1. The summed E-state index contributed by atoms with van der Waals surface area (Å²) in [5, 5.41) is 22.8. The lowest BCUT2D eigenvalue weighted by Crippen LogP contribution is -2.27. The first-order valence-corrected chi connectivity index (χ1v) is 6.45. The summed E-state index contributed by atoms with van der Waals surface area (Å²) in [6.45, 7) is 1.13. The van der Waals surface area contributed by atoms with Gasteiger partial charge in [-0.15, -0.1) is 0 Å². The number of hydrogen-bond acceptors (Lipinski definition) is 5. The van der Waals surface area contributed by atoms with E-state index >= 15 is 0 Å². The van der Waals surface area contributed by atoms with Gasteiger partial charge in [0.2, 0.25) is 0 Å². The Kier molecular flexibility index (Phi) is 4.52. The van der Waals surface area contributed by atoms with Crippen molar-refractivity contribution in [3.05, 3.63) is 33.9 Å². The summed E-state index contributed by atoms with van der Waals surface area (Å²) >= 11 is 0. The number of hydrogen-bond donors (Lipinski definition) is 2. The summed E-state index contributed by atoms with van der Waals surface area (Å²) in [7, 11) is 0. The summed E-state index contributed by atoms with van der Waals surface area (Å²) in [5.74, 6) is -0.745. The number of benzene rings is 1. The van der Waals surface area contributed by atoms with Crippen molar-refractivity contribution in [1.29, 1.82) is 0 Å². The molecule has 7 heteroatoms. The number of nitrogens with one attached hydrogen (secondary N) is 1. The molecule has 2 N–H and O–H groups in total. The van der Waals surface area contributed by atoms with Crippen LogP contribution in [0.1, 0.15) is 29.6 Å². The van der Waals surface area contributed by atoms with Crippen molar-refractivity contribution in [1.82, 2.24) is 5.32 Å². The highest BCUT2D eigenvalue weighted by Crippen LogP contribution is 2.23. The fourth-order valence-corrected chi connectivity index (χ4v) is 2.18. The Balaban J connectivity index is 1.97. The third kappa shape index (κ3) is 3.45. The maximum Gasteiger partial charge on any atom is 0.282 e. The molecule has 1 atom stereocenters. The number of phenols is 1. The van der Waals surface area contributed by atoms with Crippen LogP contribution in [0.3, 0.4) is 0 Å². The second-order valence-corrected chi connectivity index (χ2v) is 4.64. The Labute approximate surface area is 115 Å². The highest BCUT2D eigenvalue weighted by molar-refractivity contribution is 5.98. The number of nitrogens with zero attached hydrogens (tertiary/aromatic N) is 1. The number of phenolic OH excluding ortho intramolecular Hbond substituents is 1. The fraction of sp³-hybridized carbons (Fsp3) is 0.462. The molecular weight excluding hydrogens is 264 g/mol. The molecule has 1 fully saturated rings. The molecule has 0 aliphatic carbocycles. The van der Waals surface area contributed by atoms with Gasteiger partial charge in [-0.05, 0) is 31.4 Å². The quantitative estimate of drug-likeness (QED) is 0.630. The predicted molar refractivity (Wildman–Crippen MR) is 70.7 cm³/mol. The van der Waals surface area contributed by atoms with Crippen LogP contribution >= 0.6 is 0 Å². The van der Waals surface area contributed by atoms with Crippen molar-refractivity contribution in [3.8, 4) is 5.75 Å². The lowest BCUT2D eigenvalue weighted by molar-refractivity contribution is -0.385. The normalized spacial score (nSPS) is 17.9. The maximum absolute atomic E-state index is 11.9. The molecule has 0 aromatic heterocycles. The average Bonchev–Trinajstić information content (AvgIpc) is 2.91. The van der Waals surface area contributed by atoms with E-state index in [1.165, 1.54) is 6.07 Å². The predicted octanol–water partition coefficient (Wildman–Crippen LogP) is 1.60. The maximum atomic E-state index is 11.9. The third-order valence-corrected chi connectivity index (χ3v) is 3.20. The average molecular weight is 280 g/mol. The van der Waals surface area contributed by atoms with E-state index < -0.39 is 10.8 Å². The van der Waals surface area contributed by atoms with Gasteiger partial charge in [0.25, 0.3) is 11.6 Å². The highest BCUT2D eigenvalue weighted by Gasteiger charge is 2.21. The van der Waals surface area contributed by atoms with Crippen molar-refractivity contribution in [2.24, 2.45) is 0 Å². The first-order chi connectivity index (χ1) is 9.58. The number of carbonyl (C=O) groups is 1. The van der Waals surface area contributed by atoms with E-state index in [1.807, 2.05) is 0 Å². The molecule has 1 aliphatic rings. The van der Waals surface area contributed by atoms with Crippen LogP contribution in [0.2, 0.25) is 0 Å². The fourth-order valence-electron chi connectivity index (χ4n) is 2.18. The molecule has 1 aromatic rings. The van der Waals surface area contributed by atoms with Gasteiger partial charge in [-0.3, -0.25) is 14.9 Å². The van der Waals surface area contributed by atoms with E-state index in [0.29, 0.717) is 13.0 Å². The molecule has 0 radical (unpaired) electrons. The molecular formula is C13H16N2O5. The molecule has 1 amide bonds. The molecule has 0 spiro atoms. The van der Waals surface area contributed by atoms with Crippen molar-refractivity contribution in [2.75, 3.05) is 13.2 Å². The van der Waals surface area contributed by atoms with Gasteiger partial charge in [-0.2, -0.15) is 0 Å². The summed E-state index contributed by atoms with van der Waals surface area (Å²) in [6, 6.07) is 3.39. The lowest BCUT2D eigenvalue weighted by atomic mass is 10.1. The molecule has 20 heavy (non-hydrogen) atoms. The Bertz CT molecular complexity index is 511. The largest absolute Gasteiger partial charge is 0.508 e. The Hall–Kier alpha value is -2.15. The number of amides is 1. The van der Waals surface area contributed by atoms with Gasteiger partial charge in [0.05, 0.1) is 11.0 Å². The molecule has 1 aliphatic heterocycles. The van der Waals surface area contributed by atoms with Crippen LogP contribution in [0, 0.1) is 10.1 Å². The van der Waals surface area contributed by atoms with Crippen molar-refractivity contribution in [3.63, 3.8) is 0 Å². The molecule has 1 heterocycles. The smallest absolute Gasteiger partial charge is 0.282 e. The van der Waals surface area contributed by atoms with Gasteiger partial charge in [0.1, 0.15) is 11.3 Å². The number of nitro groups is 1. The molecule has 0 saturated carbocycles. The van der Waals surface area contributed by atoms with Gasteiger partial charge in [0, 0.05) is 19.2 Å². The minimum Gasteiger partial charge on any atom is -0.508 e. The second-order valence-electron chi connectivity index (χ2n) is 4.64. The van der Waals surface area contributed by atoms with E-state index in [-0.39, 0.29) is 23.1 Å².